The highest BCUT2D eigenvalue weighted by atomic mass is 32.1. The fraction of sp³-hybridized carbons (Fsp3) is 0.227. The maximum absolute atomic E-state index is 12.5. The van der Waals surface area contributed by atoms with E-state index < -0.39 is 0 Å². The van der Waals surface area contributed by atoms with Crippen molar-refractivity contribution < 1.29 is 9.59 Å². The molecule has 5 nitrogen and oxygen atoms in total. The van der Waals surface area contributed by atoms with Crippen molar-refractivity contribution >= 4 is 28.3 Å². The van der Waals surface area contributed by atoms with E-state index in [1.165, 1.54) is 29.4 Å². The van der Waals surface area contributed by atoms with Crippen molar-refractivity contribution in [2.45, 2.75) is 32.7 Å². The van der Waals surface area contributed by atoms with Crippen molar-refractivity contribution in [1.29, 1.82) is 0 Å². The lowest BCUT2D eigenvalue weighted by Gasteiger charge is -2.17. The van der Waals surface area contributed by atoms with E-state index in [9.17, 15) is 9.59 Å². The molecule has 1 unspecified atom stereocenters. The Labute approximate surface area is 168 Å². The zero-order valence-electron chi connectivity index (χ0n) is 15.9. The number of rotatable bonds is 7. The van der Waals surface area contributed by atoms with Gasteiger partial charge in [-0.05, 0) is 18.1 Å². The average molecular weight is 394 g/mol. The molecule has 0 aliphatic heterocycles. The Kier molecular flexibility index (Phi) is 6.55. The third-order valence-corrected chi connectivity index (χ3v) is 5.18. The second-order valence-corrected chi connectivity index (χ2v) is 7.83. The SMILES string of the molecule is CC(=O)NC(CC(=O)Nc1ncc(Cc2ccc(C)cc2)s1)c1ccccc1. The summed E-state index contributed by atoms with van der Waals surface area (Å²) in [6, 6.07) is 17.5. The van der Waals surface area contributed by atoms with E-state index in [1.54, 1.807) is 6.20 Å². The van der Waals surface area contributed by atoms with Crippen molar-refractivity contribution in [2.75, 3.05) is 5.32 Å². The van der Waals surface area contributed by atoms with E-state index >= 15 is 0 Å². The zero-order chi connectivity index (χ0) is 19.9. The molecule has 2 aromatic carbocycles. The van der Waals surface area contributed by atoms with Crippen LogP contribution in [0.1, 0.15) is 41.0 Å². The van der Waals surface area contributed by atoms with Crippen LogP contribution >= 0.6 is 11.3 Å². The molecule has 0 aliphatic carbocycles. The number of anilines is 1. The number of benzene rings is 2. The van der Waals surface area contributed by atoms with Gasteiger partial charge in [-0.15, -0.1) is 11.3 Å². The quantitative estimate of drug-likeness (QED) is 0.630. The first kappa shape index (κ1) is 19.8. The van der Waals surface area contributed by atoms with Crippen LogP contribution in [0.5, 0.6) is 0 Å². The standard InChI is InChI=1S/C22H23N3O2S/c1-15-8-10-17(11-9-15)12-19-14-23-22(28-19)25-21(27)13-20(24-16(2)26)18-6-4-3-5-7-18/h3-11,14,20H,12-13H2,1-2H3,(H,24,26)(H,23,25,27). The summed E-state index contributed by atoms with van der Waals surface area (Å²) in [7, 11) is 0. The van der Waals surface area contributed by atoms with Crippen LogP contribution in [-0.4, -0.2) is 16.8 Å². The number of hydrogen-bond donors (Lipinski definition) is 2. The maximum atomic E-state index is 12.5. The van der Waals surface area contributed by atoms with Crippen LogP contribution in [0.25, 0.3) is 0 Å². The molecule has 1 heterocycles. The molecule has 1 atom stereocenters. The third kappa shape index (κ3) is 5.76. The van der Waals surface area contributed by atoms with Gasteiger partial charge in [0.15, 0.2) is 5.13 Å². The van der Waals surface area contributed by atoms with Gasteiger partial charge in [0, 0.05) is 24.4 Å². The first-order chi connectivity index (χ1) is 13.5. The van der Waals surface area contributed by atoms with Crippen LogP contribution in [0.3, 0.4) is 0 Å². The minimum Gasteiger partial charge on any atom is -0.349 e. The number of nitrogens with zero attached hydrogens (tertiary/aromatic N) is 1. The van der Waals surface area contributed by atoms with Gasteiger partial charge in [0.25, 0.3) is 0 Å². The molecule has 1 aromatic heterocycles. The fourth-order valence-corrected chi connectivity index (χ4v) is 3.76. The molecule has 0 radical (unpaired) electrons. The van der Waals surface area contributed by atoms with E-state index in [0.29, 0.717) is 5.13 Å². The minimum absolute atomic E-state index is 0.149. The highest BCUT2D eigenvalue weighted by molar-refractivity contribution is 7.15. The van der Waals surface area contributed by atoms with Gasteiger partial charge < -0.3 is 10.6 Å². The van der Waals surface area contributed by atoms with E-state index in [0.717, 1.165) is 16.9 Å². The number of hydrogen-bond acceptors (Lipinski definition) is 4. The summed E-state index contributed by atoms with van der Waals surface area (Å²) in [5.41, 5.74) is 3.34. The van der Waals surface area contributed by atoms with Crippen LogP contribution in [0.4, 0.5) is 5.13 Å². The molecule has 0 aliphatic rings. The molecule has 0 bridgehead atoms. The smallest absolute Gasteiger partial charge is 0.228 e. The van der Waals surface area contributed by atoms with E-state index in [2.05, 4.69) is 46.8 Å². The number of carbonyl (C=O) groups excluding carboxylic acids is 2. The summed E-state index contributed by atoms with van der Waals surface area (Å²) < 4.78 is 0. The predicted octanol–water partition coefficient (Wildman–Crippen LogP) is 4.25. The van der Waals surface area contributed by atoms with Gasteiger partial charge in [0.2, 0.25) is 11.8 Å². The lowest BCUT2D eigenvalue weighted by Crippen LogP contribution is -2.29. The molecular weight excluding hydrogens is 370 g/mol. The Morgan fingerprint density at radius 2 is 1.79 bits per heavy atom. The molecule has 2 amide bonds. The van der Waals surface area contributed by atoms with E-state index in [1.807, 2.05) is 30.3 Å². The summed E-state index contributed by atoms with van der Waals surface area (Å²) in [5.74, 6) is -0.352. The van der Waals surface area contributed by atoms with Gasteiger partial charge in [-0.2, -0.15) is 0 Å². The summed E-state index contributed by atoms with van der Waals surface area (Å²) in [6.45, 7) is 3.51. The number of aromatic nitrogens is 1. The van der Waals surface area contributed by atoms with Crippen molar-refractivity contribution in [3.63, 3.8) is 0 Å². The molecule has 144 valence electrons. The predicted molar refractivity (Wildman–Crippen MR) is 112 cm³/mol. The van der Waals surface area contributed by atoms with Crippen molar-refractivity contribution in [2.24, 2.45) is 0 Å². The maximum Gasteiger partial charge on any atom is 0.228 e. The Hall–Kier alpha value is -2.99. The highest BCUT2D eigenvalue weighted by Crippen LogP contribution is 2.23. The summed E-state index contributed by atoms with van der Waals surface area (Å²) in [6.07, 6.45) is 2.73. The van der Waals surface area contributed by atoms with Crippen LogP contribution in [0, 0.1) is 6.92 Å². The van der Waals surface area contributed by atoms with Crippen LogP contribution < -0.4 is 10.6 Å². The summed E-state index contributed by atoms with van der Waals surface area (Å²) >= 11 is 1.47. The van der Waals surface area contributed by atoms with Gasteiger partial charge in [-0.25, -0.2) is 4.98 Å². The molecule has 3 rings (SSSR count). The van der Waals surface area contributed by atoms with Crippen molar-refractivity contribution in [3.8, 4) is 0 Å². The molecule has 0 fully saturated rings. The van der Waals surface area contributed by atoms with E-state index in [-0.39, 0.29) is 24.3 Å². The average Bonchev–Trinajstić information content (AvgIpc) is 3.10. The van der Waals surface area contributed by atoms with Crippen LogP contribution in [-0.2, 0) is 16.0 Å². The van der Waals surface area contributed by atoms with Gasteiger partial charge in [-0.1, -0.05) is 60.2 Å². The highest BCUT2D eigenvalue weighted by Gasteiger charge is 2.18. The molecule has 6 heteroatoms. The molecule has 0 saturated heterocycles. The van der Waals surface area contributed by atoms with Gasteiger partial charge in [0.05, 0.1) is 12.5 Å². The molecule has 2 N–H and O–H groups in total. The number of thiazole rings is 1. The second kappa shape index (κ2) is 9.28. The zero-order valence-corrected chi connectivity index (χ0v) is 16.8. The second-order valence-electron chi connectivity index (χ2n) is 6.71. The Bertz CT molecular complexity index is 936. The number of aryl methyl sites for hydroxylation is 1. The Morgan fingerprint density at radius 3 is 2.46 bits per heavy atom. The first-order valence-corrected chi connectivity index (χ1v) is 9.93. The van der Waals surface area contributed by atoms with Crippen LogP contribution in [0.2, 0.25) is 0 Å². The Balaban J connectivity index is 1.61. The third-order valence-electron chi connectivity index (χ3n) is 4.27. The largest absolute Gasteiger partial charge is 0.349 e. The van der Waals surface area contributed by atoms with Gasteiger partial charge in [0.1, 0.15) is 0 Å². The van der Waals surface area contributed by atoms with E-state index in [4.69, 9.17) is 0 Å². The van der Waals surface area contributed by atoms with Crippen LogP contribution in [0.15, 0.2) is 60.8 Å². The number of nitrogens with one attached hydrogen (secondary N) is 2. The fourth-order valence-electron chi connectivity index (χ4n) is 2.89. The molecule has 0 saturated carbocycles. The molecular formula is C22H23N3O2S. The van der Waals surface area contributed by atoms with Gasteiger partial charge in [-0.3, -0.25) is 9.59 Å². The molecule has 3 aromatic rings. The topological polar surface area (TPSA) is 71.1 Å². The molecule has 0 spiro atoms. The minimum atomic E-state index is -0.370. The monoisotopic (exact) mass is 393 g/mol. The number of carbonyl (C=O) groups is 2. The Morgan fingerprint density at radius 1 is 1.07 bits per heavy atom. The normalized spacial score (nSPS) is 11.6. The van der Waals surface area contributed by atoms with Crippen molar-refractivity contribution in [3.05, 3.63) is 82.4 Å². The van der Waals surface area contributed by atoms with Crippen molar-refractivity contribution in [1.82, 2.24) is 10.3 Å². The lowest BCUT2D eigenvalue weighted by atomic mass is 10.0. The summed E-state index contributed by atoms with van der Waals surface area (Å²) in [4.78, 5) is 29.4. The molecule has 28 heavy (non-hydrogen) atoms. The number of amides is 2. The first-order valence-electron chi connectivity index (χ1n) is 9.12. The summed E-state index contributed by atoms with van der Waals surface area (Å²) in [5, 5.41) is 6.26. The van der Waals surface area contributed by atoms with Gasteiger partial charge >= 0.3 is 0 Å². The lowest BCUT2D eigenvalue weighted by molar-refractivity contribution is -0.120.